The van der Waals surface area contributed by atoms with Crippen LogP contribution in [-0.4, -0.2) is 33.4 Å². The molecular formula is C19H24O5. The van der Waals surface area contributed by atoms with Gasteiger partial charge in [-0.25, -0.2) is 0 Å². The lowest BCUT2D eigenvalue weighted by molar-refractivity contribution is -0.162. The number of rotatable bonds is 1. The van der Waals surface area contributed by atoms with Crippen molar-refractivity contribution in [2.75, 3.05) is 0 Å². The number of aliphatic hydroxyl groups is 1. The molecule has 5 nitrogen and oxygen atoms in total. The van der Waals surface area contributed by atoms with Crippen LogP contribution in [0.4, 0.5) is 0 Å². The molecule has 0 aromatic rings. The van der Waals surface area contributed by atoms with Gasteiger partial charge in [-0.1, -0.05) is 6.58 Å². The maximum Gasteiger partial charge on any atom is 0.312 e. The third kappa shape index (κ3) is 1.29. The van der Waals surface area contributed by atoms with Crippen molar-refractivity contribution < 1.29 is 24.5 Å². The van der Waals surface area contributed by atoms with E-state index in [4.69, 9.17) is 4.74 Å². The molecule has 5 heteroatoms. The normalized spacial score (nSPS) is 57.5. The maximum atomic E-state index is 12.7. The molecule has 24 heavy (non-hydrogen) atoms. The third-order valence-corrected chi connectivity index (χ3v) is 8.40. The number of hydrogen-bond donors (Lipinski definition) is 2. The number of carbonyl (C=O) groups excluding carboxylic acids is 1. The van der Waals surface area contributed by atoms with Crippen LogP contribution in [0.3, 0.4) is 0 Å². The van der Waals surface area contributed by atoms with Crippen molar-refractivity contribution in [2.45, 2.75) is 63.1 Å². The van der Waals surface area contributed by atoms with Gasteiger partial charge in [0.2, 0.25) is 0 Å². The van der Waals surface area contributed by atoms with Gasteiger partial charge in [0, 0.05) is 11.8 Å². The molecule has 5 aliphatic rings. The molecule has 2 N–H and O–H groups in total. The first kappa shape index (κ1) is 14.9. The second-order valence-electron chi connectivity index (χ2n) is 9.22. The van der Waals surface area contributed by atoms with E-state index in [1.165, 1.54) is 0 Å². The number of carboxylic acid groups (broad SMARTS) is 1. The van der Waals surface area contributed by atoms with E-state index in [9.17, 15) is 19.8 Å². The van der Waals surface area contributed by atoms with Crippen molar-refractivity contribution in [3.63, 3.8) is 0 Å². The summed E-state index contributed by atoms with van der Waals surface area (Å²) >= 11 is 0. The monoisotopic (exact) mass is 332 g/mol. The zero-order valence-corrected chi connectivity index (χ0v) is 14.0. The number of carbonyl (C=O) groups is 2. The highest BCUT2D eigenvalue weighted by atomic mass is 16.6. The summed E-state index contributed by atoms with van der Waals surface area (Å²) in [5.41, 5.74) is -2.00. The number of aliphatic carboxylic acids is 1. The third-order valence-electron chi connectivity index (χ3n) is 8.40. The van der Waals surface area contributed by atoms with Crippen molar-refractivity contribution in [3.05, 3.63) is 12.2 Å². The number of esters is 1. The quantitative estimate of drug-likeness (QED) is 0.568. The van der Waals surface area contributed by atoms with Crippen LogP contribution in [-0.2, 0) is 14.3 Å². The van der Waals surface area contributed by atoms with E-state index in [-0.39, 0.29) is 17.8 Å². The van der Waals surface area contributed by atoms with Gasteiger partial charge in [-0.2, -0.15) is 0 Å². The molecule has 0 radical (unpaired) electrons. The van der Waals surface area contributed by atoms with Crippen LogP contribution in [0, 0.1) is 28.6 Å². The van der Waals surface area contributed by atoms with Gasteiger partial charge >= 0.3 is 11.9 Å². The van der Waals surface area contributed by atoms with E-state index in [2.05, 4.69) is 6.58 Å². The molecule has 1 aliphatic heterocycles. The lowest BCUT2D eigenvalue weighted by Crippen LogP contribution is -2.48. The zero-order valence-electron chi connectivity index (χ0n) is 14.0. The summed E-state index contributed by atoms with van der Waals surface area (Å²) < 4.78 is 6.05. The molecular weight excluding hydrogens is 308 g/mol. The summed E-state index contributed by atoms with van der Waals surface area (Å²) in [6, 6.07) is 0. The lowest BCUT2D eigenvalue weighted by Gasteiger charge is -2.45. The van der Waals surface area contributed by atoms with E-state index in [0.717, 1.165) is 24.8 Å². The Labute approximate surface area is 141 Å². The molecule has 5 fully saturated rings. The smallest absolute Gasteiger partial charge is 0.312 e. The standard InChI is InChI=1S/C19H24O5/c1-10-8-17-9-18(10,23)7-4-11(17)19-6-3-5-16(2,15(22)24-19)13(19)12(17)14(20)21/h11-13,23H,1,3-9H2,2H3,(H,20,21)/t11-,12-,13-,16?,17+,18-,19-/m0/s1. The van der Waals surface area contributed by atoms with Crippen LogP contribution in [0.1, 0.15) is 51.9 Å². The van der Waals surface area contributed by atoms with Crippen molar-refractivity contribution in [3.8, 4) is 0 Å². The molecule has 1 unspecified atom stereocenters. The topological polar surface area (TPSA) is 83.8 Å². The fraction of sp³-hybridized carbons (Fsp3) is 0.789. The molecule has 0 aromatic carbocycles. The van der Waals surface area contributed by atoms with Gasteiger partial charge in [0.15, 0.2) is 0 Å². The lowest BCUT2D eigenvalue weighted by atomic mass is 9.60. The Hall–Kier alpha value is -1.36. The summed E-state index contributed by atoms with van der Waals surface area (Å²) in [5.74, 6) is -1.92. The van der Waals surface area contributed by atoms with E-state index in [1.54, 1.807) is 0 Å². The maximum absolute atomic E-state index is 12.7. The van der Waals surface area contributed by atoms with Gasteiger partial charge in [-0.05, 0) is 62.9 Å². The molecule has 130 valence electrons. The van der Waals surface area contributed by atoms with Gasteiger partial charge in [-0.15, -0.1) is 0 Å². The Bertz CT molecular complexity index is 700. The highest BCUT2D eigenvalue weighted by Crippen LogP contribution is 2.78. The Morgan fingerprint density at radius 1 is 1.33 bits per heavy atom. The Morgan fingerprint density at radius 2 is 2.08 bits per heavy atom. The van der Waals surface area contributed by atoms with E-state index in [1.807, 2.05) is 6.92 Å². The van der Waals surface area contributed by atoms with Crippen LogP contribution in [0.2, 0.25) is 0 Å². The van der Waals surface area contributed by atoms with Crippen LogP contribution in [0.5, 0.6) is 0 Å². The fourth-order valence-corrected chi connectivity index (χ4v) is 7.69. The molecule has 0 aromatic heterocycles. The molecule has 4 bridgehead atoms. The second-order valence-corrected chi connectivity index (χ2v) is 9.22. The minimum atomic E-state index is -0.932. The SMILES string of the molecule is C=C1C[C@@]23C[C@@]1(O)CC[C@@H]2[C@]12CCCC(C)(C(=O)O1)[C@@H]2[C@H]3C(=O)O. The minimum Gasteiger partial charge on any atom is -0.481 e. The fourth-order valence-electron chi connectivity index (χ4n) is 7.69. The van der Waals surface area contributed by atoms with Crippen LogP contribution < -0.4 is 0 Å². The molecule has 4 saturated carbocycles. The number of ether oxygens (including phenoxy) is 1. The summed E-state index contributed by atoms with van der Waals surface area (Å²) in [6.45, 7) is 5.98. The first-order chi connectivity index (χ1) is 11.2. The average molecular weight is 332 g/mol. The van der Waals surface area contributed by atoms with E-state index >= 15 is 0 Å². The van der Waals surface area contributed by atoms with Crippen LogP contribution >= 0.6 is 0 Å². The molecule has 1 heterocycles. The second kappa shape index (κ2) is 3.90. The van der Waals surface area contributed by atoms with Gasteiger partial charge in [0.1, 0.15) is 5.60 Å². The first-order valence-corrected chi connectivity index (χ1v) is 9.07. The van der Waals surface area contributed by atoms with Gasteiger partial charge in [0.25, 0.3) is 0 Å². The first-order valence-electron chi connectivity index (χ1n) is 9.07. The number of hydrogen-bond acceptors (Lipinski definition) is 4. The Kier molecular flexibility index (Phi) is 2.43. The molecule has 4 aliphatic carbocycles. The number of fused-ring (bicyclic) bond motifs is 1. The zero-order chi connectivity index (χ0) is 17.1. The molecule has 7 atom stereocenters. The highest BCUT2D eigenvalue weighted by molar-refractivity contribution is 5.84. The molecule has 0 amide bonds. The van der Waals surface area contributed by atoms with E-state index in [0.29, 0.717) is 25.7 Å². The highest BCUT2D eigenvalue weighted by Gasteiger charge is 2.82. The predicted molar refractivity (Wildman–Crippen MR) is 83.9 cm³/mol. The van der Waals surface area contributed by atoms with Gasteiger partial charge in [-0.3, -0.25) is 9.59 Å². The van der Waals surface area contributed by atoms with Crippen molar-refractivity contribution in [1.29, 1.82) is 0 Å². The summed E-state index contributed by atoms with van der Waals surface area (Å²) in [4.78, 5) is 25.1. The number of carboxylic acids is 1. The van der Waals surface area contributed by atoms with Crippen molar-refractivity contribution in [2.24, 2.45) is 28.6 Å². The van der Waals surface area contributed by atoms with Crippen LogP contribution in [0.15, 0.2) is 12.2 Å². The van der Waals surface area contributed by atoms with Gasteiger partial charge < -0.3 is 14.9 Å². The summed E-state index contributed by atoms with van der Waals surface area (Å²) in [7, 11) is 0. The van der Waals surface area contributed by atoms with Crippen molar-refractivity contribution in [1.82, 2.24) is 0 Å². The summed E-state index contributed by atoms with van der Waals surface area (Å²) in [6.07, 6.45) is 4.72. The molecule has 1 saturated heterocycles. The largest absolute Gasteiger partial charge is 0.481 e. The van der Waals surface area contributed by atoms with Gasteiger partial charge in [0.05, 0.1) is 16.9 Å². The molecule has 1 spiro atoms. The average Bonchev–Trinajstić information content (AvgIpc) is 2.88. The summed E-state index contributed by atoms with van der Waals surface area (Å²) in [5, 5.41) is 21.1. The predicted octanol–water partition coefficient (Wildman–Crippen LogP) is 2.28. The Balaban J connectivity index is 1.75. The van der Waals surface area contributed by atoms with Crippen molar-refractivity contribution >= 4 is 11.9 Å². The van der Waals surface area contributed by atoms with E-state index < -0.39 is 33.9 Å². The minimum absolute atomic E-state index is 0.0294. The Morgan fingerprint density at radius 3 is 2.79 bits per heavy atom. The van der Waals surface area contributed by atoms with Crippen LogP contribution in [0.25, 0.3) is 0 Å². The molecule has 5 rings (SSSR count).